The monoisotopic (exact) mass is 400 g/mol. The van der Waals surface area contributed by atoms with Gasteiger partial charge in [-0.25, -0.2) is 0 Å². The Bertz CT molecular complexity index is 581. The van der Waals surface area contributed by atoms with Crippen LogP contribution < -0.4 is 0 Å². The van der Waals surface area contributed by atoms with Crippen molar-refractivity contribution < 1.29 is 0 Å². The summed E-state index contributed by atoms with van der Waals surface area (Å²) in [5, 5.41) is 3.75. The second-order valence-electron chi connectivity index (χ2n) is 5.88. The largest absolute Gasteiger partial charge is 0.142 e. The van der Waals surface area contributed by atoms with Crippen molar-refractivity contribution in [3.05, 3.63) is 33.6 Å². The van der Waals surface area contributed by atoms with Gasteiger partial charge >= 0.3 is 0 Å². The van der Waals surface area contributed by atoms with E-state index in [0.29, 0.717) is 10.2 Å². The molecule has 1 heterocycles. The molecule has 1 aromatic heterocycles. The zero-order valence-corrected chi connectivity index (χ0v) is 15.1. The summed E-state index contributed by atoms with van der Waals surface area (Å²) >= 11 is 9.54. The highest BCUT2D eigenvalue weighted by atomic mass is 79.9. The Labute approximate surface area is 135 Å². The molecule has 102 valence electrons. The highest BCUT2D eigenvalue weighted by Gasteiger charge is 2.35. The molecule has 1 unspecified atom stereocenters. The lowest BCUT2D eigenvalue weighted by Gasteiger charge is -2.38. The Morgan fingerprint density at radius 1 is 1.21 bits per heavy atom. The standard InChI is InChI=1S/C16H18Br2S/c1-16(8-3-2-4-9-16)15(18)12-10-19-14-11(12)6-5-7-13(14)17/h5-7,10,15H,2-4,8-9H2,1H3. The summed E-state index contributed by atoms with van der Waals surface area (Å²) < 4.78 is 2.59. The zero-order valence-electron chi connectivity index (χ0n) is 11.1. The summed E-state index contributed by atoms with van der Waals surface area (Å²) in [5.41, 5.74) is 1.89. The van der Waals surface area contributed by atoms with Crippen molar-refractivity contribution in [3.63, 3.8) is 0 Å². The van der Waals surface area contributed by atoms with E-state index in [1.54, 1.807) is 0 Å². The number of hydrogen-bond donors (Lipinski definition) is 0. The van der Waals surface area contributed by atoms with E-state index in [-0.39, 0.29) is 0 Å². The van der Waals surface area contributed by atoms with Crippen molar-refractivity contribution in [3.8, 4) is 0 Å². The molecule has 1 aliphatic carbocycles. The van der Waals surface area contributed by atoms with Crippen LogP contribution in [0.4, 0.5) is 0 Å². The van der Waals surface area contributed by atoms with Gasteiger partial charge in [0.2, 0.25) is 0 Å². The van der Waals surface area contributed by atoms with Gasteiger partial charge < -0.3 is 0 Å². The van der Waals surface area contributed by atoms with E-state index < -0.39 is 0 Å². The van der Waals surface area contributed by atoms with Crippen molar-refractivity contribution in [2.45, 2.75) is 43.9 Å². The van der Waals surface area contributed by atoms with Crippen LogP contribution in [0.2, 0.25) is 0 Å². The van der Waals surface area contributed by atoms with Crippen LogP contribution >= 0.6 is 43.2 Å². The summed E-state index contributed by atoms with van der Waals surface area (Å²) in [4.78, 5) is 0.475. The third kappa shape index (κ3) is 2.54. The van der Waals surface area contributed by atoms with Gasteiger partial charge in [-0.05, 0) is 56.6 Å². The highest BCUT2D eigenvalue weighted by Crippen LogP contribution is 2.52. The lowest BCUT2D eigenvalue weighted by Crippen LogP contribution is -2.24. The number of rotatable bonds is 2. The fraction of sp³-hybridized carbons (Fsp3) is 0.500. The molecule has 19 heavy (non-hydrogen) atoms. The van der Waals surface area contributed by atoms with Crippen LogP contribution in [0.25, 0.3) is 10.1 Å². The van der Waals surface area contributed by atoms with Crippen molar-refractivity contribution in [1.29, 1.82) is 0 Å². The quantitative estimate of drug-likeness (QED) is 0.472. The van der Waals surface area contributed by atoms with E-state index in [0.717, 1.165) is 0 Å². The van der Waals surface area contributed by atoms with Crippen LogP contribution in [0.1, 0.15) is 49.4 Å². The zero-order chi connectivity index (χ0) is 13.5. The Kier molecular flexibility index (Phi) is 4.08. The number of thiophene rings is 1. The number of halogens is 2. The first kappa shape index (κ1) is 14.1. The number of benzene rings is 1. The third-order valence-electron chi connectivity index (χ3n) is 4.46. The minimum Gasteiger partial charge on any atom is -0.142 e. The van der Waals surface area contributed by atoms with Gasteiger partial charge in [0.05, 0.1) is 0 Å². The number of alkyl halides is 1. The average molecular weight is 402 g/mol. The normalized spacial score (nSPS) is 20.6. The lowest BCUT2D eigenvalue weighted by atomic mass is 9.72. The predicted octanol–water partition coefficient (Wildman–Crippen LogP) is 7.07. The molecule has 0 bridgehead atoms. The molecular formula is C16H18Br2S. The van der Waals surface area contributed by atoms with E-state index in [2.05, 4.69) is 62.4 Å². The van der Waals surface area contributed by atoms with E-state index in [9.17, 15) is 0 Å². The summed E-state index contributed by atoms with van der Waals surface area (Å²) in [6, 6.07) is 6.53. The molecule has 3 rings (SSSR count). The molecule has 0 spiro atoms. The predicted molar refractivity (Wildman–Crippen MR) is 92.4 cm³/mol. The molecule has 1 atom stereocenters. The Morgan fingerprint density at radius 2 is 1.95 bits per heavy atom. The molecule has 0 N–H and O–H groups in total. The molecule has 1 aliphatic rings. The molecular weight excluding hydrogens is 384 g/mol. The molecule has 2 aromatic rings. The fourth-order valence-corrected chi connectivity index (χ4v) is 5.89. The van der Waals surface area contributed by atoms with Crippen molar-refractivity contribution >= 4 is 53.3 Å². The molecule has 1 fully saturated rings. The fourth-order valence-electron chi connectivity index (χ4n) is 3.23. The maximum absolute atomic E-state index is 4.02. The van der Waals surface area contributed by atoms with Crippen LogP contribution in [-0.4, -0.2) is 0 Å². The molecule has 0 amide bonds. The summed E-state index contributed by atoms with van der Waals surface area (Å²) in [7, 11) is 0. The van der Waals surface area contributed by atoms with Gasteiger partial charge in [0.25, 0.3) is 0 Å². The summed E-state index contributed by atoms with van der Waals surface area (Å²) in [6.07, 6.45) is 6.85. The molecule has 3 heteroatoms. The smallest absolute Gasteiger partial charge is 0.0488 e. The Hall–Kier alpha value is 0.140. The maximum atomic E-state index is 4.02. The summed E-state index contributed by atoms with van der Waals surface area (Å²) in [5.74, 6) is 0. The van der Waals surface area contributed by atoms with Gasteiger partial charge in [-0.2, -0.15) is 0 Å². The van der Waals surface area contributed by atoms with Gasteiger partial charge in [-0.15, -0.1) is 11.3 Å². The van der Waals surface area contributed by atoms with Crippen molar-refractivity contribution in [2.24, 2.45) is 5.41 Å². The van der Waals surface area contributed by atoms with Crippen molar-refractivity contribution in [2.75, 3.05) is 0 Å². The third-order valence-corrected chi connectivity index (χ3v) is 8.03. The second-order valence-corrected chi connectivity index (χ2v) is 8.53. The highest BCUT2D eigenvalue weighted by molar-refractivity contribution is 9.10. The molecule has 0 radical (unpaired) electrons. The van der Waals surface area contributed by atoms with E-state index in [4.69, 9.17) is 0 Å². The van der Waals surface area contributed by atoms with Crippen LogP contribution in [0.15, 0.2) is 28.1 Å². The van der Waals surface area contributed by atoms with Gasteiger partial charge in [-0.1, -0.05) is 54.2 Å². The van der Waals surface area contributed by atoms with Gasteiger partial charge in [0.1, 0.15) is 0 Å². The van der Waals surface area contributed by atoms with E-state index in [1.807, 2.05) is 11.3 Å². The maximum Gasteiger partial charge on any atom is 0.0488 e. The number of fused-ring (bicyclic) bond motifs is 1. The Morgan fingerprint density at radius 3 is 2.68 bits per heavy atom. The SMILES string of the molecule is CC1(C(Br)c2csc3c(Br)cccc23)CCCCC1. The van der Waals surface area contributed by atoms with Gasteiger partial charge in [0, 0.05) is 14.0 Å². The van der Waals surface area contributed by atoms with Crippen LogP contribution in [0, 0.1) is 5.41 Å². The average Bonchev–Trinajstić information content (AvgIpc) is 2.84. The molecule has 1 aromatic carbocycles. The molecule has 0 saturated heterocycles. The van der Waals surface area contributed by atoms with Crippen LogP contribution in [0.3, 0.4) is 0 Å². The molecule has 0 aliphatic heterocycles. The van der Waals surface area contributed by atoms with E-state index in [1.165, 1.54) is 52.2 Å². The summed E-state index contributed by atoms with van der Waals surface area (Å²) in [6.45, 7) is 2.45. The molecule has 1 saturated carbocycles. The Balaban J connectivity index is 2.02. The topological polar surface area (TPSA) is 0 Å². The lowest BCUT2D eigenvalue weighted by molar-refractivity contribution is 0.213. The second kappa shape index (κ2) is 5.50. The minimum atomic E-state index is 0.411. The number of hydrogen-bond acceptors (Lipinski definition) is 1. The van der Waals surface area contributed by atoms with Crippen molar-refractivity contribution in [1.82, 2.24) is 0 Å². The first-order chi connectivity index (χ1) is 9.12. The van der Waals surface area contributed by atoms with Crippen LogP contribution in [-0.2, 0) is 0 Å². The van der Waals surface area contributed by atoms with Gasteiger partial charge in [-0.3, -0.25) is 0 Å². The first-order valence-electron chi connectivity index (χ1n) is 6.91. The first-order valence-corrected chi connectivity index (χ1v) is 9.50. The van der Waals surface area contributed by atoms with E-state index >= 15 is 0 Å². The minimum absolute atomic E-state index is 0.411. The molecule has 0 nitrogen and oxygen atoms in total. The van der Waals surface area contributed by atoms with Gasteiger partial charge in [0.15, 0.2) is 0 Å². The van der Waals surface area contributed by atoms with Crippen LogP contribution in [0.5, 0.6) is 0 Å².